The molecule has 0 amide bonds. The molecule has 0 radical (unpaired) electrons. The molecule has 0 aliphatic heterocycles. The van der Waals surface area contributed by atoms with E-state index in [0.717, 1.165) is 19.4 Å². The van der Waals surface area contributed by atoms with Gasteiger partial charge >= 0.3 is 0 Å². The monoisotopic (exact) mass is 161 g/mol. The average molecular weight is 161 g/mol. The normalized spacial score (nSPS) is 13.4. The van der Waals surface area contributed by atoms with Gasteiger partial charge in [0.2, 0.25) is 0 Å². The zero-order valence-electron chi connectivity index (χ0n) is 7.47. The predicted octanol–water partition coefficient (Wildman–Crippen LogP) is 0.731. The van der Waals surface area contributed by atoms with Gasteiger partial charge in [-0.3, -0.25) is 5.32 Å². The van der Waals surface area contributed by atoms with Crippen LogP contribution in [0.5, 0.6) is 0 Å². The van der Waals surface area contributed by atoms with E-state index in [0.29, 0.717) is 6.61 Å². The molecule has 11 heavy (non-hydrogen) atoms. The molecule has 0 spiro atoms. The van der Waals surface area contributed by atoms with Gasteiger partial charge in [0, 0.05) is 6.61 Å². The fourth-order valence-corrected chi connectivity index (χ4v) is 0.817. The predicted molar refractivity (Wildman–Crippen MR) is 45.4 cm³/mol. The van der Waals surface area contributed by atoms with Crippen molar-refractivity contribution < 1.29 is 9.84 Å². The Kier molecular flexibility index (Phi) is 7.89. The molecule has 0 aromatic rings. The molecule has 68 valence electrons. The Hall–Kier alpha value is -0.120. The molecule has 0 bridgehead atoms. The number of aliphatic hydroxyl groups is 1. The zero-order valence-corrected chi connectivity index (χ0v) is 7.47. The van der Waals surface area contributed by atoms with Crippen LogP contribution in [0.3, 0.4) is 0 Å². The molecule has 3 heteroatoms. The van der Waals surface area contributed by atoms with Gasteiger partial charge < -0.3 is 9.84 Å². The number of nitrogens with one attached hydrogen (secondary N) is 1. The average Bonchev–Trinajstić information content (AvgIpc) is 2.03. The summed E-state index contributed by atoms with van der Waals surface area (Å²) in [6, 6.07) is 0. The highest BCUT2D eigenvalue weighted by molar-refractivity contribution is 4.52. The Labute approximate surface area is 68.8 Å². The van der Waals surface area contributed by atoms with Crippen molar-refractivity contribution >= 4 is 0 Å². The first-order valence-corrected chi connectivity index (χ1v) is 4.31. The third-order valence-corrected chi connectivity index (χ3v) is 1.44. The van der Waals surface area contributed by atoms with Gasteiger partial charge in [0.05, 0.1) is 6.61 Å². The minimum absolute atomic E-state index is 0.0531. The van der Waals surface area contributed by atoms with Gasteiger partial charge in [-0.25, -0.2) is 0 Å². The first-order valence-electron chi connectivity index (χ1n) is 4.31. The van der Waals surface area contributed by atoms with Crippen LogP contribution in [0.1, 0.15) is 26.7 Å². The summed E-state index contributed by atoms with van der Waals surface area (Å²) < 4.78 is 5.18. The second kappa shape index (κ2) is 7.98. The molecule has 0 rings (SSSR count). The highest BCUT2D eigenvalue weighted by atomic mass is 16.5. The molecule has 0 aliphatic carbocycles. The summed E-state index contributed by atoms with van der Waals surface area (Å²) in [5.74, 6) is 0. The van der Waals surface area contributed by atoms with Crippen LogP contribution in [-0.2, 0) is 4.74 Å². The molecule has 2 N–H and O–H groups in total. The van der Waals surface area contributed by atoms with Gasteiger partial charge in [0.25, 0.3) is 0 Å². The molecule has 0 fully saturated rings. The highest BCUT2D eigenvalue weighted by Gasteiger charge is 2.02. The molecule has 0 aromatic carbocycles. The number of ether oxygens (including phenoxy) is 1. The van der Waals surface area contributed by atoms with E-state index in [4.69, 9.17) is 9.84 Å². The van der Waals surface area contributed by atoms with Crippen molar-refractivity contribution in [1.82, 2.24) is 5.32 Å². The van der Waals surface area contributed by atoms with Crippen molar-refractivity contribution in [3.63, 3.8) is 0 Å². The Balaban J connectivity index is 3.20. The lowest BCUT2D eigenvalue weighted by Crippen LogP contribution is -2.35. The first-order chi connectivity index (χ1) is 5.35. The van der Waals surface area contributed by atoms with Gasteiger partial charge in [-0.05, 0) is 19.9 Å². The second-order valence-electron chi connectivity index (χ2n) is 2.43. The lowest BCUT2D eigenvalue weighted by Gasteiger charge is -2.15. The summed E-state index contributed by atoms with van der Waals surface area (Å²) in [5.41, 5.74) is 0. The van der Waals surface area contributed by atoms with E-state index in [1.54, 1.807) is 0 Å². The maximum Gasteiger partial charge on any atom is 0.131 e. The van der Waals surface area contributed by atoms with Crippen molar-refractivity contribution in [3.8, 4) is 0 Å². The summed E-state index contributed by atoms with van der Waals surface area (Å²) in [6.07, 6.45) is 2.12. The number of unbranched alkanes of at least 4 members (excludes halogenated alkanes) is 1. The van der Waals surface area contributed by atoms with E-state index in [1.165, 1.54) is 0 Å². The van der Waals surface area contributed by atoms with E-state index in [1.807, 2.05) is 6.92 Å². The minimum atomic E-state index is -0.174. The third-order valence-electron chi connectivity index (χ3n) is 1.44. The lowest BCUT2D eigenvalue weighted by molar-refractivity contribution is -0.00143. The Morgan fingerprint density at radius 3 is 2.64 bits per heavy atom. The largest absolute Gasteiger partial charge is 0.392 e. The first kappa shape index (κ1) is 10.9. The van der Waals surface area contributed by atoms with Gasteiger partial charge in [-0.15, -0.1) is 0 Å². The maximum absolute atomic E-state index is 8.77. The number of rotatable bonds is 7. The van der Waals surface area contributed by atoms with Gasteiger partial charge in [0.15, 0.2) is 0 Å². The molecule has 0 saturated carbocycles. The summed E-state index contributed by atoms with van der Waals surface area (Å²) in [4.78, 5) is 0. The van der Waals surface area contributed by atoms with Crippen LogP contribution in [0.2, 0.25) is 0 Å². The Morgan fingerprint density at radius 1 is 1.45 bits per heavy atom. The summed E-state index contributed by atoms with van der Waals surface area (Å²) in [7, 11) is 0. The van der Waals surface area contributed by atoms with Crippen molar-refractivity contribution in [2.75, 3.05) is 19.8 Å². The van der Waals surface area contributed by atoms with Crippen molar-refractivity contribution in [2.24, 2.45) is 0 Å². The topological polar surface area (TPSA) is 41.5 Å². The molecule has 1 atom stereocenters. The Bertz CT molecular complexity index is 78.5. The molecular formula is C8H19NO2. The van der Waals surface area contributed by atoms with Crippen molar-refractivity contribution in [2.45, 2.75) is 32.9 Å². The van der Waals surface area contributed by atoms with E-state index < -0.39 is 0 Å². The SMILES string of the molecule is CCCCNC(CO)OCC. The van der Waals surface area contributed by atoms with Crippen LogP contribution in [0.25, 0.3) is 0 Å². The summed E-state index contributed by atoms with van der Waals surface area (Å²) >= 11 is 0. The number of hydrogen-bond acceptors (Lipinski definition) is 3. The third kappa shape index (κ3) is 6.28. The van der Waals surface area contributed by atoms with Crippen LogP contribution >= 0.6 is 0 Å². The molecule has 1 unspecified atom stereocenters. The van der Waals surface area contributed by atoms with Gasteiger partial charge in [-0.2, -0.15) is 0 Å². The molecule has 0 aromatic heterocycles. The smallest absolute Gasteiger partial charge is 0.131 e. The minimum Gasteiger partial charge on any atom is -0.392 e. The molecular weight excluding hydrogens is 142 g/mol. The van der Waals surface area contributed by atoms with Gasteiger partial charge in [0.1, 0.15) is 6.23 Å². The number of aliphatic hydroxyl groups excluding tert-OH is 1. The van der Waals surface area contributed by atoms with Crippen LogP contribution < -0.4 is 5.32 Å². The van der Waals surface area contributed by atoms with Crippen LogP contribution in [0, 0.1) is 0 Å². The quantitative estimate of drug-likeness (QED) is 0.427. The molecule has 0 saturated heterocycles. The van der Waals surface area contributed by atoms with E-state index in [-0.39, 0.29) is 12.8 Å². The van der Waals surface area contributed by atoms with E-state index in [9.17, 15) is 0 Å². The maximum atomic E-state index is 8.77. The Morgan fingerprint density at radius 2 is 2.18 bits per heavy atom. The van der Waals surface area contributed by atoms with E-state index in [2.05, 4.69) is 12.2 Å². The molecule has 0 aliphatic rings. The summed E-state index contributed by atoms with van der Waals surface area (Å²) in [6.45, 7) is 5.67. The second-order valence-corrected chi connectivity index (χ2v) is 2.43. The standard InChI is InChI=1S/C8H19NO2/c1-3-5-6-9-8(7-10)11-4-2/h8-10H,3-7H2,1-2H3. The fourth-order valence-electron chi connectivity index (χ4n) is 0.817. The molecule has 0 heterocycles. The van der Waals surface area contributed by atoms with Crippen molar-refractivity contribution in [1.29, 1.82) is 0 Å². The highest BCUT2D eigenvalue weighted by Crippen LogP contribution is 1.88. The van der Waals surface area contributed by atoms with E-state index >= 15 is 0 Å². The fraction of sp³-hybridized carbons (Fsp3) is 1.00. The summed E-state index contributed by atoms with van der Waals surface area (Å²) in [5, 5.41) is 11.9. The van der Waals surface area contributed by atoms with Crippen LogP contribution in [0.15, 0.2) is 0 Å². The van der Waals surface area contributed by atoms with Gasteiger partial charge in [-0.1, -0.05) is 13.3 Å². The lowest BCUT2D eigenvalue weighted by atomic mass is 10.3. The zero-order chi connectivity index (χ0) is 8.53. The van der Waals surface area contributed by atoms with Crippen LogP contribution in [0.4, 0.5) is 0 Å². The van der Waals surface area contributed by atoms with Crippen molar-refractivity contribution in [3.05, 3.63) is 0 Å². The van der Waals surface area contributed by atoms with Crippen LogP contribution in [-0.4, -0.2) is 31.1 Å². The number of hydrogen-bond donors (Lipinski definition) is 2. The molecule has 3 nitrogen and oxygen atoms in total.